The van der Waals surface area contributed by atoms with E-state index in [0.717, 1.165) is 28.6 Å². The van der Waals surface area contributed by atoms with Crippen molar-refractivity contribution in [3.05, 3.63) is 65.6 Å². The van der Waals surface area contributed by atoms with E-state index in [1.807, 2.05) is 24.7 Å². The Morgan fingerprint density at radius 1 is 0.840 bits per heavy atom. The van der Waals surface area contributed by atoms with Crippen LogP contribution in [0.4, 0.5) is 17.2 Å². The van der Waals surface area contributed by atoms with Crippen molar-refractivity contribution in [2.24, 2.45) is 0 Å². The van der Waals surface area contributed by atoms with Gasteiger partial charge in [-0.05, 0) is 45.4 Å². The van der Waals surface area contributed by atoms with Crippen molar-refractivity contribution in [2.45, 2.75) is 38.5 Å². The molecule has 3 aromatic heterocycles. The molecular formula is C20H19N5. The van der Waals surface area contributed by atoms with Crippen molar-refractivity contribution in [1.82, 2.24) is 19.9 Å². The zero-order valence-corrected chi connectivity index (χ0v) is 14.8. The van der Waals surface area contributed by atoms with Gasteiger partial charge in [-0.2, -0.15) is 0 Å². The van der Waals surface area contributed by atoms with Gasteiger partial charge in [-0.3, -0.25) is 9.88 Å². The summed E-state index contributed by atoms with van der Waals surface area (Å²) in [4.78, 5) is 20.6. The molecule has 5 heteroatoms. The summed E-state index contributed by atoms with van der Waals surface area (Å²) >= 11 is 0. The van der Waals surface area contributed by atoms with Crippen molar-refractivity contribution >= 4 is 17.2 Å². The Morgan fingerprint density at radius 3 is 2.48 bits per heavy atom. The summed E-state index contributed by atoms with van der Waals surface area (Å²) in [5.41, 5.74) is 6.18. The largest absolute Gasteiger partial charge is 0.289 e. The van der Waals surface area contributed by atoms with E-state index in [1.54, 1.807) is 6.33 Å². The normalized spacial score (nSPS) is 18.2. The molecule has 0 saturated heterocycles. The SMILES string of the molecule is CC1(C)c2ccnc3c2N(c2cncnc21)c1ncccc1C3(C)C. The molecule has 3 aromatic rings. The van der Waals surface area contributed by atoms with E-state index < -0.39 is 0 Å². The molecular weight excluding hydrogens is 310 g/mol. The Bertz CT molecular complexity index is 944. The lowest BCUT2D eigenvalue weighted by Gasteiger charge is -2.46. The lowest BCUT2D eigenvalue weighted by Crippen LogP contribution is -2.39. The van der Waals surface area contributed by atoms with Gasteiger partial charge < -0.3 is 0 Å². The van der Waals surface area contributed by atoms with Crippen LogP contribution in [-0.4, -0.2) is 19.9 Å². The summed E-state index contributed by atoms with van der Waals surface area (Å²) in [5, 5.41) is 0. The predicted octanol–water partition coefficient (Wildman–Crippen LogP) is 4.02. The van der Waals surface area contributed by atoms with Crippen molar-refractivity contribution in [2.75, 3.05) is 4.90 Å². The molecule has 5 nitrogen and oxygen atoms in total. The van der Waals surface area contributed by atoms with Crippen LogP contribution in [0.3, 0.4) is 0 Å². The number of aromatic nitrogens is 4. The van der Waals surface area contributed by atoms with Gasteiger partial charge in [0.25, 0.3) is 0 Å². The number of fused-ring (bicyclic) bond motifs is 4. The van der Waals surface area contributed by atoms with Gasteiger partial charge in [0.1, 0.15) is 12.1 Å². The first-order valence-corrected chi connectivity index (χ1v) is 8.50. The highest BCUT2D eigenvalue weighted by molar-refractivity contribution is 5.89. The van der Waals surface area contributed by atoms with Crippen LogP contribution in [0.1, 0.15) is 50.2 Å². The van der Waals surface area contributed by atoms with Gasteiger partial charge >= 0.3 is 0 Å². The highest BCUT2D eigenvalue weighted by atomic mass is 15.2. The maximum Gasteiger partial charge on any atom is 0.141 e. The van der Waals surface area contributed by atoms with Gasteiger partial charge in [-0.15, -0.1) is 0 Å². The maximum absolute atomic E-state index is 4.79. The van der Waals surface area contributed by atoms with Crippen LogP contribution >= 0.6 is 0 Å². The molecule has 5 heterocycles. The van der Waals surface area contributed by atoms with E-state index in [-0.39, 0.29) is 10.8 Å². The lowest BCUT2D eigenvalue weighted by atomic mass is 9.70. The Morgan fingerprint density at radius 2 is 1.64 bits per heavy atom. The summed E-state index contributed by atoms with van der Waals surface area (Å²) in [5.74, 6) is 0.945. The van der Waals surface area contributed by atoms with Crippen LogP contribution in [0.25, 0.3) is 0 Å². The zero-order valence-electron chi connectivity index (χ0n) is 14.8. The fourth-order valence-electron chi connectivity index (χ4n) is 4.27. The van der Waals surface area contributed by atoms with Crippen molar-refractivity contribution < 1.29 is 0 Å². The zero-order chi connectivity index (χ0) is 17.4. The topological polar surface area (TPSA) is 54.8 Å². The smallest absolute Gasteiger partial charge is 0.141 e. The minimum absolute atomic E-state index is 0.214. The number of hydrogen-bond donors (Lipinski definition) is 0. The van der Waals surface area contributed by atoms with Crippen LogP contribution in [0, 0.1) is 0 Å². The van der Waals surface area contributed by atoms with Gasteiger partial charge in [0.15, 0.2) is 0 Å². The van der Waals surface area contributed by atoms with Crippen LogP contribution in [-0.2, 0) is 10.8 Å². The van der Waals surface area contributed by atoms with Gasteiger partial charge in [0, 0.05) is 28.8 Å². The molecule has 25 heavy (non-hydrogen) atoms. The van der Waals surface area contributed by atoms with Crippen LogP contribution in [0.2, 0.25) is 0 Å². The van der Waals surface area contributed by atoms with Crippen molar-refractivity contribution in [1.29, 1.82) is 0 Å². The van der Waals surface area contributed by atoms with E-state index in [4.69, 9.17) is 9.97 Å². The fraction of sp³-hybridized carbons (Fsp3) is 0.300. The third-order valence-electron chi connectivity index (χ3n) is 5.61. The van der Waals surface area contributed by atoms with E-state index in [9.17, 15) is 0 Å². The van der Waals surface area contributed by atoms with Gasteiger partial charge in [0.2, 0.25) is 0 Å². The number of rotatable bonds is 0. The summed E-state index contributed by atoms with van der Waals surface area (Å²) < 4.78 is 0. The number of hydrogen-bond acceptors (Lipinski definition) is 5. The molecule has 124 valence electrons. The minimum Gasteiger partial charge on any atom is -0.289 e. The number of pyridine rings is 2. The third kappa shape index (κ3) is 1.63. The number of anilines is 3. The Labute approximate surface area is 146 Å². The summed E-state index contributed by atoms with van der Waals surface area (Å²) in [6.07, 6.45) is 7.28. The predicted molar refractivity (Wildman–Crippen MR) is 96.6 cm³/mol. The molecule has 2 aliphatic rings. The van der Waals surface area contributed by atoms with E-state index in [1.165, 1.54) is 11.1 Å². The summed E-state index contributed by atoms with van der Waals surface area (Å²) in [6.45, 7) is 8.87. The molecule has 0 aliphatic carbocycles. The molecule has 0 N–H and O–H groups in total. The second kappa shape index (κ2) is 4.42. The van der Waals surface area contributed by atoms with E-state index >= 15 is 0 Å². The molecule has 0 radical (unpaired) electrons. The molecule has 0 amide bonds. The average Bonchev–Trinajstić information content (AvgIpc) is 2.61. The van der Waals surface area contributed by atoms with Crippen LogP contribution < -0.4 is 4.90 Å². The Balaban J connectivity index is 1.97. The van der Waals surface area contributed by atoms with Crippen LogP contribution in [0.5, 0.6) is 0 Å². The molecule has 0 fully saturated rings. The van der Waals surface area contributed by atoms with E-state index in [0.29, 0.717) is 0 Å². The maximum atomic E-state index is 4.79. The second-order valence-corrected chi connectivity index (χ2v) is 7.77. The summed E-state index contributed by atoms with van der Waals surface area (Å²) in [7, 11) is 0. The second-order valence-electron chi connectivity index (χ2n) is 7.77. The molecule has 0 bridgehead atoms. The molecule has 0 spiro atoms. The molecule has 5 rings (SSSR count). The molecule has 0 aromatic carbocycles. The van der Waals surface area contributed by atoms with Crippen molar-refractivity contribution in [3.63, 3.8) is 0 Å². The average molecular weight is 329 g/mol. The quantitative estimate of drug-likeness (QED) is 0.623. The van der Waals surface area contributed by atoms with Crippen molar-refractivity contribution in [3.8, 4) is 0 Å². The van der Waals surface area contributed by atoms with E-state index in [2.05, 4.69) is 54.7 Å². The minimum atomic E-state index is -0.218. The monoisotopic (exact) mass is 329 g/mol. The van der Waals surface area contributed by atoms with Gasteiger partial charge in [0.05, 0.1) is 29.0 Å². The van der Waals surface area contributed by atoms with Gasteiger partial charge in [-0.1, -0.05) is 6.07 Å². The first-order chi connectivity index (χ1) is 11.9. The summed E-state index contributed by atoms with van der Waals surface area (Å²) in [6, 6.07) is 6.25. The molecule has 0 unspecified atom stereocenters. The highest BCUT2D eigenvalue weighted by Gasteiger charge is 2.47. The number of nitrogens with zero attached hydrogens (tertiary/aromatic N) is 5. The third-order valence-corrected chi connectivity index (χ3v) is 5.61. The first kappa shape index (κ1) is 14.5. The molecule has 0 saturated carbocycles. The standard InChI is InChI=1S/C20H19N5/c1-19(2)12-7-9-22-17-15(12)25(14-10-21-11-24-16(14)19)18-13(20(17,3)4)6-5-8-23-18/h5-11H,1-4H3. The molecule has 2 aliphatic heterocycles. The molecule has 0 atom stereocenters. The highest BCUT2D eigenvalue weighted by Crippen LogP contribution is 2.57. The lowest BCUT2D eigenvalue weighted by molar-refractivity contribution is 0.566. The Kier molecular flexibility index (Phi) is 2.57. The first-order valence-electron chi connectivity index (χ1n) is 8.50. The van der Waals surface area contributed by atoms with Gasteiger partial charge in [-0.25, -0.2) is 15.0 Å². The van der Waals surface area contributed by atoms with Crippen LogP contribution in [0.15, 0.2) is 43.1 Å². The fourth-order valence-corrected chi connectivity index (χ4v) is 4.27. The Hall–Kier alpha value is -2.82.